The molecular formula is C10H22N2S. The largest absolute Gasteiger partial charge is 0.328 e. The Kier molecular flexibility index (Phi) is 5.14. The van der Waals surface area contributed by atoms with Crippen LogP contribution in [-0.4, -0.2) is 41.6 Å². The number of piperidine rings is 1. The number of hydrogen-bond acceptors (Lipinski definition) is 3. The molecule has 2 unspecified atom stereocenters. The van der Waals surface area contributed by atoms with E-state index in [4.69, 9.17) is 5.73 Å². The van der Waals surface area contributed by atoms with Gasteiger partial charge in [-0.3, -0.25) is 4.90 Å². The van der Waals surface area contributed by atoms with Crippen molar-refractivity contribution in [2.45, 2.75) is 38.8 Å². The van der Waals surface area contributed by atoms with Crippen molar-refractivity contribution in [2.75, 3.05) is 24.6 Å². The third-order valence-corrected chi connectivity index (χ3v) is 3.66. The van der Waals surface area contributed by atoms with Gasteiger partial charge in [-0.05, 0) is 32.1 Å². The molecule has 0 bridgehead atoms. The fourth-order valence-corrected chi connectivity index (χ4v) is 2.57. The maximum Gasteiger partial charge on any atom is 0.00820 e. The van der Waals surface area contributed by atoms with Gasteiger partial charge in [-0.2, -0.15) is 11.8 Å². The van der Waals surface area contributed by atoms with Gasteiger partial charge in [-0.1, -0.05) is 6.92 Å². The number of likely N-dealkylation sites (tertiary alicyclic amines) is 1. The Morgan fingerprint density at radius 3 is 2.92 bits per heavy atom. The van der Waals surface area contributed by atoms with E-state index in [9.17, 15) is 0 Å². The molecule has 78 valence electrons. The van der Waals surface area contributed by atoms with Gasteiger partial charge in [-0.25, -0.2) is 0 Å². The van der Waals surface area contributed by atoms with Gasteiger partial charge in [0.2, 0.25) is 0 Å². The molecule has 1 saturated heterocycles. The molecule has 0 saturated carbocycles. The summed E-state index contributed by atoms with van der Waals surface area (Å²) in [6, 6.07) is 1.14. The van der Waals surface area contributed by atoms with Gasteiger partial charge in [0.15, 0.2) is 0 Å². The molecule has 3 heteroatoms. The fourth-order valence-electron chi connectivity index (χ4n) is 1.92. The average Bonchev–Trinajstić information content (AvgIpc) is 2.09. The third kappa shape index (κ3) is 3.88. The summed E-state index contributed by atoms with van der Waals surface area (Å²) in [4.78, 5) is 2.58. The summed E-state index contributed by atoms with van der Waals surface area (Å²) in [5, 5.41) is 0. The summed E-state index contributed by atoms with van der Waals surface area (Å²) >= 11 is 2.03. The molecule has 0 aromatic heterocycles. The summed E-state index contributed by atoms with van der Waals surface area (Å²) in [7, 11) is 0. The lowest BCUT2D eigenvalue weighted by molar-refractivity contribution is 0.157. The molecule has 1 aliphatic heterocycles. The van der Waals surface area contributed by atoms with E-state index in [1.165, 1.54) is 37.4 Å². The standard InChI is InChI=1S/C10H22N2S/c1-3-13-7-6-12-5-4-10(11)8-9(12)2/h9-10H,3-8,11H2,1-2H3. The summed E-state index contributed by atoms with van der Waals surface area (Å²) < 4.78 is 0. The normalized spacial score (nSPS) is 30.7. The van der Waals surface area contributed by atoms with Crippen LogP contribution in [-0.2, 0) is 0 Å². The van der Waals surface area contributed by atoms with E-state index in [2.05, 4.69) is 18.7 Å². The molecule has 1 aliphatic rings. The molecule has 1 fully saturated rings. The Morgan fingerprint density at radius 2 is 2.31 bits per heavy atom. The smallest absolute Gasteiger partial charge is 0.00820 e. The zero-order chi connectivity index (χ0) is 9.68. The first kappa shape index (κ1) is 11.3. The molecule has 1 heterocycles. The lowest BCUT2D eigenvalue weighted by Crippen LogP contribution is -2.46. The van der Waals surface area contributed by atoms with Crippen molar-refractivity contribution in [3.63, 3.8) is 0 Å². The Labute approximate surface area is 86.2 Å². The third-order valence-electron chi connectivity index (χ3n) is 2.78. The number of nitrogens with zero attached hydrogens (tertiary/aromatic N) is 1. The average molecular weight is 202 g/mol. The van der Waals surface area contributed by atoms with E-state index in [-0.39, 0.29) is 0 Å². The number of nitrogens with two attached hydrogens (primary N) is 1. The molecule has 0 spiro atoms. The van der Waals surface area contributed by atoms with Gasteiger partial charge in [0.05, 0.1) is 0 Å². The van der Waals surface area contributed by atoms with Gasteiger partial charge in [0.1, 0.15) is 0 Å². The van der Waals surface area contributed by atoms with Gasteiger partial charge < -0.3 is 5.73 Å². The van der Waals surface area contributed by atoms with Crippen molar-refractivity contribution >= 4 is 11.8 Å². The summed E-state index contributed by atoms with van der Waals surface area (Å²) in [5.41, 5.74) is 5.91. The Morgan fingerprint density at radius 1 is 1.54 bits per heavy atom. The van der Waals surface area contributed by atoms with Crippen molar-refractivity contribution in [3.05, 3.63) is 0 Å². The van der Waals surface area contributed by atoms with E-state index in [1.807, 2.05) is 11.8 Å². The van der Waals surface area contributed by atoms with Crippen LogP contribution in [0.4, 0.5) is 0 Å². The molecule has 2 nitrogen and oxygen atoms in total. The van der Waals surface area contributed by atoms with E-state index >= 15 is 0 Å². The van der Waals surface area contributed by atoms with Gasteiger partial charge in [0.25, 0.3) is 0 Å². The van der Waals surface area contributed by atoms with Crippen molar-refractivity contribution in [2.24, 2.45) is 5.73 Å². The molecule has 0 aromatic rings. The second-order valence-corrected chi connectivity index (χ2v) is 5.26. The number of thioether (sulfide) groups is 1. The Bertz CT molecular complexity index is 141. The first-order valence-electron chi connectivity index (χ1n) is 5.31. The highest BCUT2D eigenvalue weighted by atomic mass is 32.2. The van der Waals surface area contributed by atoms with E-state index in [0.717, 1.165) is 0 Å². The summed E-state index contributed by atoms with van der Waals surface area (Å²) in [6.45, 7) is 6.97. The first-order chi connectivity index (χ1) is 6.24. The van der Waals surface area contributed by atoms with Crippen molar-refractivity contribution in [1.29, 1.82) is 0 Å². The second-order valence-electron chi connectivity index (χ2n) is 3.87. The fraction of sp³-hybridized carbons (Fsp3) is 1.00. The highest BCUT2D eigenvalue weighted by Gasteiger charge is 2.22. The van der Waals surface area contributed by atoms with E-state index in [0.29, 0.717) is 12.1 Å². The SMILES string of the molecule is CCSCCN1CCC(N)CC1C. The van der Waals surface area contributed by atoms with Crippen LogP contribution >= 0.6 is 11.8 Å². The maximum atomic E-state index is 5.91. The molecule has 0 radical (unpaired) electrons. The molecule has 0 aromatic carbocycles. The molecule has 0 amide bonds. The van der Waals surface area contributed by atoms with Crippen molar-refractivity contribution in [1.82, 2.24) is 4.90 Å². The van der Waals surface area contributed by atoms with Crippen LogP contribution in [0.3, 0.4) is 0 Å². The monoisotopic (exact) mass is 202 g/mol. The summed E-state index contributed by atoms with van der Waals surface area (Å²) in [6.07, 6.45) is 2.36. The first-order valence-corrected chi connectivity index (χ1v) is 6.47. The second kappa shape index (κ2) is 5.89. The summed E-state index contributed by atoms with van der Waals surface area (Å²) in [5.74, 6) is 2.51. The van der Waals surface area contributed by atoms with Crippen LogP contribution in [0.5, 0.6) is 0 Å². The zero-order valence-corrected chi connectivity index (χ0v) is 9.65. The van der Waals surface area contributed by atoms with Crippen LogP contribution in [0.2, 0.25) is 0 Å². The van der Waals surface area contributed by atoms with Crippen LogP contribution in [0.25, 0.3) is 0 Å². The molecule has 13 heavy (non-hydrogen) atoms. The zero-order valence-electron chi connectivity index (χ0n) is 8.83. The Balaban J connectivity index is 2.18. The molecular weight excluding hydrogens is 180 g/mol. The van der Waals surface area contributed by atoms with Crippen molar-refractivity contribution < 1.29 is 0 Å². The maximum absolute atomic E-state index is 5.91. The van der Waals surface area contributed by atoms with Crippen LogP contribution in [0.1, 0.15) is 26.7 Å². The van der Waals surface area contributed by atoms with Crippen molar-refractivity contribution in [3.8, 4) is 0 Å². The lowest BCUT2D eigenvalue weighted by atomic mass is 9.99. The quantitative estimate of drug-likeness (QED) is 0.701. The highest BCUT2D eigenvalue weighted by molar-refractivity contribution is 7.99. The predicted molar refractivity (Wildman–Crippen MR) is 61.2 cm³/mol. The van der Waals surface area contributed by atoms with Crippen LogP contribution in [0, 0.1) is 0 Å². The predicted octanol–water partition coefficient (Wildman–Crippen LogP) is 1.55. The molecule has 0 aliphatic carbocycles. The minimum Gasteiger partial charge on any atom is -0.328 e. The molecule has 2 N–H and O–H groups in total. The van der Waals surface area contributed by atoms with E-state index < -0.39 is 0 Å². The Hall–Kier alpha value is 0.270. The van der Waals surface area contributed by atoms with E-state index in [1.54, 1.807) is 0 Å². The van der Waals surface area contributed by atoms with Gasteiger partial charge in [-0.15, -0.1) is 0 Å². The number of rotatable bonds is 4. The van der Waals surface area contributed by atoms with Crippen LogP contribution in [0.15, 0.2) is 0 Å². The minimum absolute atomic E-state index is 0.449. The lowest BCUT2D eigenvalue weighted by Gasteiger charge is -2.36. The van der Waals surface area contributed by atoms with Gasteiger partial charge >= 0.3 is 0 Å². The minimum atomic E-state index is 0.449. The van der Waals surface area contributed by atoms with Gasteiger partial charge in [0, 0.05) is 24.4 Å². The molecule has 1 rings (SSSR count). The topological polar surface area (TPSA) is 29.3 Å². The highest BCUT2D eigenvalue weighted by Crippen LogP contribution is 2.16. The van der Waals surface area contributed by atoms with Crippen LogP contribution < -0.4 is 5.73 Å². The molecule has 2 atom stereocenters. The number of hydrogen-bond donors (Lipinski definition) is 1.